The van der Waals surface area contributed by atoms with Crippen molar-refractivity contribution in [1.82, 2.24) is 0 Å². The lowest BCUT2D eigenvalue weighted by Gasteiger charge is -2.14. The normalized spacial score (nSPS) is 12.6. The predicted octanol–water partition coefficient (Wildman–Crippen LogP) is 2.41. The summed E-state index contributed by atoms with van der Waals surface area (Å²) >= 11 is 0. The van der Waals surface area contributed by atoms with Crippen molar-refractivity contribution < 1.29 is 13.5 Å². The molecule has 4 heteroatoms. The molecule has 1 rings (SSSR count). The van der Waals surface area contributed by atoms with Crippen molar-refractivity contribution in [3.63, 3.8) is 0 Å². The van der Waals surface area contributed by atoms with Gasteiger partial charge in [0.25, 0.3) is 0 Å². The molecule has 0 radical (unpaired) electrons. The summed E-state index contributed by atoms with van der Waals surface area (Å²) in [5, 5.41) is 2.92. The van der Waals surface area contributed by atoms with Crippen molar-refractivity contribution in [2.75, 3.05) is 19.0 Å². The van der Waals surface area contributed by atoms with Gasteiger partial charge in [-0.25, -0.2) is 8.78 Å². The van der Waals surface area contributed by atoms with Gasteiger partial charge in [-0.3, -0.25) is 0 Å². The number of halogens is 2. The lowest BCUT2D eigenvalue weighted by atomic mass is 10.2. The van der Waals surface area contributed by atoms with E-state index in [2.05, 4.69) is 5.32 Å². The summed E-state index contributed by atoms with van der Waals surface area (Å²) in [6.07, 6.45) is 0. The van der Waals surface area contributed by atoms with Gasteiger partial charge in [0, 0.05) is 24.9 Å². The van der Waals surface area contributed by atoms with Crippen LogP contribution in [-0.2, 0) is 4.74 Å². The number of benzene rings is 1. The van der Waals surface area contributed by atoms with Crippen LogP contribution < -0.4 is 5.32 Å². The zero-order valence-electron chi connectivity index (χ0n) is 8.18. The second kappa shape index (κ2) is 4.91. The first-order chi connectivity index (χ1) is 6.61. The molecule has 0 amide bonds. The van der Waals surface area contributed by atoms with E-state index < -0.39 is 11.6 Å². The summed E-state index contributed by atoms with van der Waals surface area (Å²) in [6, 6.07) is 3.35. The summed E-state index contributed by atoms with van der Waals surface area (Å²) < 4.78 is 30.4. The maximum atomic E-state index is 12.8. The molecule has 0 saturated carbocycles. The first-order valence-electron chi connectivity index (χ1n) is 4.33. The molecule has 0 aliphatic rings. The van der Waals surface area contributed by atoms with Crippen molar-refractivity contribution in [3.05, 3.63) is 29.8 Å². The molecule has 1 aromatic carbocycles. The minimum atomic E-state index is -0.586. The largest absolute Gasteiger partial charge is 0.383 e. The van der Waals surface area contributed by atoms with E-state index in [4.69, 9.17) is 4.74 Å². The molecule has 0 aliphatic heterocycles. The highest BCUT2D eigenvalue weighted by Crippen LogP contribution is 2.13. The molecule has 2 nitrogen and oxygen atoms in total. The van der Waals surface area contributed by atoms with E-state index in [1.165, 1.54) is 12.1 Å². The van der Waals surface area contributed by atoms with Crippen LogP contribution in [0.1, 0.15) is 6.92 Å². The average Bonchev–Trinajstić information content (AvgIpc) is 2.01. The van der Waals surface area contributed by atoms with Gasteiger partial charge in [-0.05, 0) is 19.1 Å². The minimum Gasteiger partial charge on any atom is -0.383 e. The van der Waals surface area contributed by atoms with Crippen LogP contribution >= 0.6 is 0 Å². The van der Waals surface area contributed by atoms with Crippen LogP contribution in [0.5, 0.6) is 0 Å². The van der Waals surface area contributed by atoms with Crippen LogP contribution in [0.2, 0.25) is 0 Å². The molecule has 0 aromatic heterocycles. The molecule has 0 spiro atoms. The lowest BCUT2D eigenvalue weighted by molar-refractivity contribution is 0.190. The second-order valence-electron chi connectivity index (χ2n) is 3.16. The number of methoxy groups -OCH3 is 1. The molecule has 78 valence electrons. The molecule has 0 aliphatic carbocycles. The molecular formula is C10H13F2NO. The van der Waals surface area contributed by atoms with E-state index in [1.807, 2.05) is 6.92 Å². The van der Waals surface area contributed by atoms with E-state index in [-0.39, 0.29) is 6.04 Å². The summed E-state index contributed by atoms with van der Waals surface area (Å²) in [5.41, 5.74) is 0.423. The van der Waals surface area contributed by atoms with Crippen LogP contribution in [0.25, 0.3) is 0 Å². The van der Waals surface area contributed by atoms with E-state index in [1.54, 1.807) is 7.11 Å². The Morgan fingerprint density at radius 3 is 2.36 bits per heavy atom. The monoisotopic (exact) mass is 201 g/mol. The highest BCUT2D eigenvalue weighted by molar-refractivity contribution is 5.44. The number of nitrogens with one attached hydrogen (secondary N) is 1. The highest BCUT2D eigenvalue weighted by atomic mass is 19.1. The first kappa shape index (κ1) is 10.9. The Balaban J connectivity index is 2.66. The third kappa shape index (κ3) is 3.30. The van der Waals surface area contributed by atoms with Crippen molar-refractivity contribution in [2.24, 2.45) is 0 Å². The van der Waals surface area contributed by atoms with Crippen LogP contribution in [0.3, 0.4) is 0 Å². The number of rotatable bonds is 4. The average molecular weight is 201 g/mol. The zero-order valence-corrected chi connectivity index (χ0v) is 8.18. The van der Waals surface area contributed by atoms with Crippen LogP contribution in [0, 0.1) is 11.6 Å². The fourth-order valence-electron chi connectivity index (χ4n) is 1.21. The Bertz CT molecular complexity index is 284. The summed E-state index contributed by atoms with van der Waals surface area (Å²) in [6.45, 7) is 2.35. The van der Waals surface area contributed by atoms with Crippen LogP contribution in [-0.4, -0.2) is 19.8 Å². The number of anilines is 1. The van der Waals surface area contributed by atoms with Crippen molar-refractivity contribution in [1.29, 1.82) is 0 Å². The van der Waals surface area contributed by atoms with Crippen LogP contribution in [0.15, 0.2) is 18.2 Å². The fraction of sp³-hybridized carbons (Fsp3) is 0.400. The lowest BCUT2D eigenvalue weighted by Crippen LogP contribution is -2.20. The molecule has 14 heavy (non-hydrogen) atoms. The fourth-order valence-corrected chi connectivity index (χ4v) is 1.21. The zero-order chi connectivity index (χ0) is 10.6. The van der Waals surface area contributed by atoms with Gasteiger partial charge in [-0.15, -0.1) is 0 Å². The minimum absolute atomic E-state index is 0.0150. The molecular weight excluding hydrogens is 188 g/mol. The van der Waals surface area contributed by atoms with Gasteiger partial charge in [0.05, 0.1) is 6.61 Å². The molecule has 1 unspecified atom stereocenters. The van der Waals surface area contributed by atoms with Gasteiger partial charge in [0.2, 0.25) is 0 Å². The molecule has 1 aromatic rings. The van der Waals surface area contributed by atoms with Gasteiger partial charge in [-0.1, -0.05) is 0 Å². The standard InChI is InChI=1S/C10H13F2NO/c1-7(6-14-2)13-10-4-8(11)3-9(12)5-10/h3-5,7,13H,6H2,1-2H3. The van der Waals surface area contributed by atoms with Crippen molar-refractivity contribution >= 4 is 5.69 Å². The summed E-state index contributed by atoms with van der Waals surface area (Å²) in [7, 11) is 1.57. The van der Waals surface area contributed by atoms with Gasteiger partial charge in [0.1, 0.15) is 11.6 Å². The number of hydrogen-bond acceptors (Lipinski definition) is 2. The summed E-state index contributed by atoms with van der Waals surface area (Å²) in [5.74, 6) is -1.17. The van der Waals surface area contributed by atoms with E-state index >= 15 is 0 Å². The number of ether oxygens (including phenoxy) is 1. The quantitative estimate of drug-likeness (QED) is 0.807. The Kier molecular flexibility index (Phi) is 3.83. The smallest absolute Gasteiger partial charge is 0.128 e. The summed E-state index contributed by atoms with van der Waals surface area (Å²) in [4.78, 5) is 0. The highest BCUT2D eigenvalue weighted by Gasteiger charge is 2.04. The van der Waals surface area contributed by atoms with Gasteiger partial charge >= 0.3 is 0 Å². The van der Waals surface area contributed by atoms with Crippen molar-refractivity contribution in [3.8, 4) is 0 Å². The maximum Gasteiger partial charge on any atom is 0.128 e. The Morgan fingerprint density at radius 1 is 1.29 bits per heavy atom. The first-order valence-corrected chi connectivity index (χ1v) is 4.33. The van der Waals surface area contributed by atoms with E-state index in [0.29, 0.717) is 12.3 Å². The molecule has 0 heterocycles. The predicted molar refractivity (Wildman–Crippen MR) is 51.3 cm³/mol. The van der Waals surface area contributed by atoms with Gasteiger partial charge in [0.15, 0.2) is 0 Å². The molecule has 0 saturated heterocycles. The van der Waals surface area contributed by atoms with E-state index in [0.717, 1.165) is 6.07 Å². The van der Waals surface area contributed by atoms with Gasteiger partial charge < -0.3 is 10.1 Å². The number of hydrogen-bond donors (Lipinski definition) is 1. The third-order valence-electron chi connectivity index (χ3n) is 1.69. The van der Waals surface area contributed by atoms with Gasteiger partial charge in [-0.2, -0.15) is 0 Å². The Hall–Kier alpha value is -1.16. The third-order valence-corrected chi connectivity index (χ3v) is 1.69. The van der Waals surface area contributed by atoms with E-state index in [9.17, 15) is 8.78 Å². The topological polar surface area (TPSA) is 21.3 Å². The molecule has 1 N–H and O–H groups in total. The van der Waals surface area contributed by atoms with Crippen molar-refractivity contribution in [2.45, 2.75) is 13.0 Å². The molecule has 0 bridgehead atoms. The molecule has 0 fully saturated rings. The van der Waals surface area contributed by atoms with Crippen LogP contribution in [0.4, 0.5) is 14.5 Å². The Morgan fingerprint density at radius 2 is 1.86 bits per heavy atom. The SMILES string of the molecule is COCC(C)Nc1cc(F)cc(F)c1. The Labute approximate surface area is 81.9 Å². The molecule has 1 atom stereocenters. The maximum absolute atomic E-state index is 12.8. The second-order valence-corrected chi connectivity index (χ2v) is 3.16.